The first-order valence-electron chi connectivity index (χ1n) is 6.14. The Labute approximate surface area is 104 Å². The van der Waals surface area contributed by atoms with Crippen LogP contribution in [0.5, 0.6) is 0 Å². The van der Waals surface area contributed by atoms with Gasteiger partial charge in [0.05, 0.1) is 11.8 Å². The molecule has 4 nitrogen and oxygen atoms in total. The van der Waals surface area contributed by atoms with Crippen molar-refractivity contribution in [2.24, 2.45) is 5.92 Å². The molecule has 1 unspecified atom stereocenters. The van der Waals surface area contributed by atoms with Gasteiger partial charge >= 0.3 is 0 Å². The third-order valence-electron chi connectivity index (χ3n) is 2.42. The number of ether oxygens (including phenoxy) is 1. The molecule has 1 atom stereocenters. The van der Waals surface area contributed by atoms with Gasteiger partial charge in [-0.15, -0.1) is 0 Å². The van der Waals surface area contributed by atoms with Crippen molar-refractivity contribution in [1.82, 2.24) is 9.97 Å². The third kappa shape index (κ3) is 4.69. The molecule has 1 heterocycles. The molecular formula is C13H23N3O. The summed E-state index contributed by atoms with van der Waals surface area (Å²) >= 11 is 0. The molecule has 0 saturated heterocycles. The second-order valence-electron chi connectivity index (χ2n) is 4.98. The number of hydrogen-bond donors (Lipinski definition) is 1. The van der Waals surface area contributed by atoms with Crippen LogP contribution in [0.1, 0.15) is 45.9 Å². The van der Waals surface area contributed by atoms with Crippen molar-refractivity contribution in [1.29, 1.82) is 0 Å². The maximum atomic E-state index is 5.49. The number of anilines is 1. The molecule has 1 aromatic heterocycles. The molecule has 0 saturated carbocycles. The quantitative estimate of drug-likeness (QED) is 0.826. The molecule has 1 rings (SSSR count). The fourth-order valence-electron chi connectivity index (χ4n) is 1.69. The molecule has 0 bridgehead atoms. The van der Waals surface area contributed by atoms with E-state index in [0.29, 0.717) is 12.0 Å². The molecule has 0 radical (unpaired) electrons. The van der Waals surface area contributed by atoms with Crippen LogP contribution in [0.2, 0.25) is 0 Å². The molecular weight excluding hydrogens is 214 g/mol. The number of aromatic nitrogens is 2. The van der Waals surface area contributed by atoms with E-state index in [1.807, 2.05) is 6.07 Å². The molecule has 0 fully saturated rings. The van der Waals surface area contributed by atoms with Crippen LogP contribution in [-0.4, -0.2) is 23.1 Å². The van der Waals surface area contributed by atoms with Crippen LogP contribution < -0.4 is 5.32 Å². The second kappa shape index (κ2) is 6.55. The first-order valence-corrected chi connectivity index (χ1v) is 6.14. The van der Waals surface area contributed by atoms with Crippen molar-refractivity contribution in [3.8, 4) is 0 Å². The molecule has 0 aliphatic heterocycles. The van der Waals surface area contributed by atoms with Crippen LogP contribution in [-0.2, 0) is 4.74 Å². The Kier molecular flexibility index (Phi) is 5.35. The zero-order valence-corrected chi connectivity index (χ0v) is 11.4. The van der Waals surface area contributed by atoms with E-state index in [2.05, 4.69) is 43.0 Å². The summed E-state index contributed by atoms with van der Waals surface area (Å²) in [5.41, 5.74) is 0.944. The molecule has 4 heteroatoms. The molecule has 0 aliphatic rings. The maximum absolute atomic E-state index is 5.49. The third-order valence-corrected chi connectivity index (χ3v) is 2.42. The Morgan fingerprint density at radius 1 is 1.24 bits per heavy atom. The van der Waals surface area contributed by atoms with Gasteiger partial charge in [-0.25, -0.2) is 9.97 Å². The lowest BCUT2D eigenvalue weighted by atomic mass is 10.0. The fourth-order valence-corrected chi connectivity index (χ4v) is 1.69. The molecule has 0 aliphatic carbocycles. The van der Waals surface area contributed by atoms with Crippen molar-refractivity contribution >= 4 is 5.82 Å². The largest absolute Gasteiger partial charge is 0.375 e. The van der Waals surface area contributed by atoms with Crippen LogP contribution in [0.3, 0.4) is 0 Å². The van der Waals surface area contributed by atoms with Crippen molar-refractivity contribution in [3.05, 3.63) is 18.1 Å². The van der Waals surface area contributed by atoms with E-state index in [-0.39, 0.29) is 6.10 Å². The van der Waals surface area contributed by atoms with Gasteiger partial charge in [-0.2, -0.15) is 0 Å². The molecule has 96 valence electrons. The van der Waals surface area contributed by atoms with Gasteiger partial charge in [0.1, 0.15) is 12.1 Å². The van der Waals surface area contributed by atoms with Crippen LogP contribution in [0.25, 0.3) is 0 Å². The summed E-state index contributed by atoms with van der Waals surface area (Å²) in [6.07, 6.45) is 2.60. The normalized spacial score (nSPS) is 13.1. The highest BCUT2D eigenvalue weighted by Gasteiger charge is 2.14. The standard InChI is InChI=1S/C13H23N3O/c1-9(2)6-12(17-5)11-7-13(15-8-14-11)16-10(3)4/h7-10,12H,6H2,1-5H3,(H,14,15,16). The highest BCUT2D eigenvalue weighted by Crippen LogP contribution is 2.23. The number of rotatable bonds is 6. The van der Waals surface area contributed by atoms with E-state index in [9.17, 15) is 0 Å². The first-order chi connectivity index (χ1) is 8.02. The van der Waals surface area contributed by atoms with Crippen LogP contribution in [0, 0.1) is 5.92 Å². The Hall–Kier alpha value is -1.16. The Balaban J connectivity index is 2.81. The first kappa shape index (κ1) is 13.9. The van der Waals surface area contributed by atoms with Gasteiger partial charge in [0.25, 0.3) is 0 Å². The topological polar surface area (TPSA) is 47.0 Å². The lowest BCUT2D eigenvalue weighted by Gasteiger charge is -2.18. The zero-order chi connectivity index (χ0) is 12.8. The monoisotopic (exact) mass is 237 g/mol. The lowest BCUT2D eigenvalue weighted by molar-refractivity contribution is 0.0810. The predicted molar refractivity (Wildman–Crippen MR) is 70.0 cm³/mol. The van der Waals surface area contributed by atoms with Gasteiger partial charge in [-0.1, -0.05) is 13.8 Å². The minimum atomic E-state index is 0.0470. The molecule has 17 heavy (non-hydrogen) atoms. The molecule has 1 aromatic rings. The van der Waals surface area contributed by atoms with E-state index in [0.717, 1.165) is 17.9 Å². The lowest BCUT2D eigenvalue weighted by Crippen LogP contribution is -2.13. The van der Waals surface area contributed by atoms with Crippen LogP contribution in [0.15, 0.2) is 12.4 Å². The van der Waals surface area contributed by atoms with Gasteiger partial charge in [-0.3, -0.25) is 0 Å². The minimum Gasteiger partial charge on any atom is -0.375 e. The number of nitrogens with one attached hydrogen (secondary N) is 1. The molecule has 0 spiro atoms. The SMILES string of the molecule is COC(CC(C)C)c1cc(NC(C)C)ncn1. The van der Waals surface area contributed by atoms with Gasteiger partial charge < -0.3 is 10.1 Å². The number of nitrogens with zero attached hydrogens (tertiary/aromatic N) is 2. The molecule has 0 aromatic carbocycles. The van der Waals surface area contributed by atoms with E-state index in [4.69, 9.17) is 4.74 Å². The smallest absolute Gasteiger partial charge is 0.129 e. The van der Waals surface area contributed by atoms with Gasteiger partial charge in [0, 0.05) is 19.2 Å². The fraction of sp³-hybridized carbons (Fsp3) is 0.692. The number of hydrogen-bond acceptors (Lipinski definition) is 4. The summed E-state index contributed by atoms with van der Waals surface area (Å²) in [6.45, 7) is 8.54. The summed E-state index contributed by atoms with van der Waals surface area (Å²) in [7, 11) is 1.73. The van der Waals surface area contributed by atoms with Crippen LogP contribution in [0.4, 0.5) is 5.82 Å². The van der Waals surface area contributed by atoms with Gasteiger partial charge in [0.15, 0.2) is 0 Å². The van der Waals surface area contributed by atoms with E-state index in [1.54, 1.807) is 13.4 Å². The Bertz CT molecular complexity index is 339. The van der Waals surface area contributed by atoms with E-state index in [1.165, 1.54) is 0 Å². The predicted octanol–water partition coefficient (Wildman–Crippen LogP) is 3.03. The summed E-state index contributed by atoms with van der Waals surface area (Å²) in [5, 5.41) is 3.27. The number of methoxy groups -OCH3 is 1. The van der Waals surface area contributed by atoms with Crippen molar-refractivity contribution in [2.75, 3.05) is 12.4 Å². The Morgan fingerprint density at radius 2 is 1.94 bits per heavy atom. The highest BCUT2D eigenvalue weighted by molar-refractivity contribution is 5.36. The van der Waals surface area contributed by atoms with E-state index < -0.39 is 0 Å². The Morgan fingerprint density at radius 3 is 2.47 bits per heavy atom. The van der Waals surface area contributed by atoms with Crippen molar-refractivity contribution in [2.45, 2.75) is 46.3 Å². The van der Waals surface area contributed by atoms with E-state index >= 15 is 0 Å². The maximum Gasteiger partial charge on any atom is 0.129 e. The average Bonchev–Trinajstić information content (AvgIpc) is 2.25. The second-order valence-corrected chi connectivity index (χ2v) is 4.98. The zero-order valence-electron chi connectivity index (χ0n) is 11.4. The van der Waals surface area contributed by atoms with Gasteiger partial charge in [-0.05, 0) is 26.2 Å². The van der Waals surface area contributed by atoms with Crippen LogP contribution >= 0.6 is 0 Å². The summed E-state index contributed by atoms with van der Waals surface area (Å²) in [6, 6.07) is 2.33. The highest BCUT2D eigenvalue weighted by atomic mass is 16.5. The van der Waals surface area contributed by atoms with Gasteiger partial charge in [0.2, 0.25) is 0 Å². The average molecular weight is 237 g/mol. The van der Waals surface area contributed by atoms with Crippen molar-refractivity contribution < 1.29 is 4.74 Å². The summed E-state index contributed by atoms with van der Waals surface area (Å²) in [4.78, 5) is 8.49. The minimum absolute atomic E-state index is 0.0470. The summed E-state index contributed by atoms with van der Waals surface area (Å²) < 4.78 is 5.49. The summed E-state index contributed by atoms with van der Waals surface area (Å²) in [5.74, 6) is 1.44. The molecule has 1 N–H and O–H groups in total. The molecule has 0 amide bonds. The van der Waals surface area contributed by atoms with Crippen molar-refractivity contribution in [3.63, 3.8) is 0 Å².